The van der Waals surface area contributed by atoms with E-state index in [-0.39, 0.29) is 16.8 Å². The second-order valence-corrected chi connectivity index (χ2v) is 6.65. The lowest BCUT2D eigenvalue weighted by Crippen LogP contribution is -2.28. The molecule has 3 aromatic rings. The molecule has 1 aromatic carbocycles. The summed E-state index contributed by atoms with van der Waals surface area (Å²) >= 11 is 5.79. The van der Waals surface area contributed by atoms with Gasteiger partial charge in [0.2, 0.25) is 0 Å². The van der Waals surface area contributed by atoms with E-state index in [1.165, 1.54) is 18.2 Å². The number of hydrogen-bond acceptors (Lipinski definition) is 3. The SMILES string of the molecule is Cn1c([C@H]2CCN(C(=O)c3ccc(F)c(Cl)c3)C2)nc2cccnc21. The Bertz CT molecular complexity index is 971. The van der Waals surface area contributed by atoms with Gasteiger partial charge in [0.05, 0.1) is 5.02 Å². The Hall–Kier alpha value is -2.47. The van der Waals surface area contributed by atoms with Gasteiger partial charge in [-0.05, 0) is 36.8 Å². The second-order valence-electron chi connectivity index (χ2n) is 6.24. The van der Waals surface area contributed by atoms with E-state index in [9.17, 15) is 9.18 Å². The summed E-state index contributed by atoms with van der Waals surface area (Å²) in [6.45, 7) is 1.21. The van der Waals surface area contributed by atoms with Gasteiger partial charge in [-0.2, -0.15) is 0 Å². The van der Waals surface area contributed by atoms with E-state index in [4.69, 9.17) is 11.6 Å². The minimum Gasteiger partial charge on any atom is -0.338 e. The third kappa shape index (κ3) is 2.76. The van der Waals surface area contributed by atoms with Crippen molar-refractivity contribution in [2.24, 2.45) is 7.05 Å². The van der Waals surface area contributed by atoms with Gasteiger partial charge in [-0.3, -0.25) is 4.79 Å². The third-order valence-corrected chi connectivity index (χ3v) is 4.96. The van der Waals surface area contributed by atoms with Crippen LogP contribution in [-0.2, 0) is 7.05 Å². The molecule has 0 aliphatic carbocycles. The molecule has 3 heterocycles. The summed E-state index contributed by atoms with van der Waals surface area (Å²) in [7, 11) is 1.95. The number of carbonyl (C=O) groups is 1. The minimum atomic E-state index is -0.523. The first-order valence-electron chi connectivity index (χ1n) is 8.06. The van der Waals surface area contributed by atoms with E-state index < -0.39 is 5.82 Å². The third-order valence-electron chi connectivity index (χ3n) is 4.67. The number of hydrogen-bond donors (Lipinski definition) is 0. The minimum absolute atomic E-state index is 0.0389. The number of amides is 1. The van der Waals surface area contributed by atoms with Crippen molar-refractivity contribution >= 4 is 28.7 Å². The smallest absolute Gasteiger partial charge is 0.253 e. The van der Waals surface area contributed by atoms with Crippen molar-refractivity contribution in [1.82, 2.24) is 19.4 Å². The molecule has 0 unspecified atom stereocenters. The molecule has 1 fully saturated rings. The fourth-order valence-electron chi connectivity index (χ4n) is 3.37. The van der Waals surface area contributed by atoms with Gasteiger partial charge in [0.15, 0.2) is 5.65 Å². The largest absolute Gasteiger partial charge is 0.338 e. The van der Waals surface area contributed by atoms with E-state index in [0.717, 1.165) is 23.4 Å². The van der Waals surface area contributed by atoms with Crippen LogP contribution in [0.3, 0.4) is 0 Å². The number of imidazole rings is 1. The summed E-state index contributed by atoms with van der Waals surface area (Å²) in [5.41, 5.74) is 2.10. The van der Waals surface area contributed by atoms with Crippen molar-refractivity contribution in [2.45, 2.75) is 12.3 Å². The van der Waals surface area contributed by atoms with Crippen molar-refractivity contribution < 1.29 is 9.18 Å². The molecular formula is C18H16ClFN4O. The molecule has 5 nitrogen and oxygen atoms in total. The van der Waals surface area contributed by atoms with Gasteiger partial charge < -0.3 is 9.47 Å². The van der Waals surface area contributed by atoms with Gasteiger partial charge in [-0.1, -0.05) is 11.6 Å². The van der Waals surface area contributed by atoms with Gasteiger partial charge in [-0.15, -0.1) is 0 Å². The van der Waals surface area contributed by atoms with E-state index in [2.05, 4.69) is 9.97 Å². The van der Waals surface area contributed by atoms with Crippen molar-refractivity contribution in [2.75, 3.05) is 13.1 Å². The fourth-order valence-corrected chi connectivity index (χ4v) is 3.55. The highest BCUT2D eigenvalue weighted by Crippen LogP contribution is 2.29. The molecule has 1 aliphatic heterocycles. The predicted molar refractivity (Wildman–Crippen MR) is 93.2 cm³/mol. The number of benzene rings is 1. The Morgan fingerprint density at radius 2 is 2.20 bits per heavy atom. The normalized spacial score (nSPS) is 17.4. The summed E-state index contributed by atoms with van der Waals surface area (Å²) in [5.74, 6) is 0.422. The Kier molecular flexibility index (Phi) is 3.92. The Balaban J connectivity index is 1.57. The summed E-state index contributed by atoms with van der Waals surface area (Å²) < 4.78 is 15.3. The standard InChI is InChI=1S/C18H16ClFN4O/c1-23-16(22-15-3-2-7-21-17(15)23)12-6-8-24(10-12)18(25)11-4-5-14(20)13(19)9-11/h2-5,7,9,12H,6,8,10H2,1H3/t12-/m0/s1. The maximum absolute atomic E-state index is 13.3. The number of nitrogens with zero attached hydrogens (tertiary/aromatic N) is 4. The van der Waals surface area contributed by atoms with E-state index >= 15 is 0 Å². The van der Waals surface area contributed by atoms with Gasteiger partial charge in [0.25, 0.3) is 5.91 Å². The van der Waals surface area contributed by atoms with Crippen LogP contribution in [0.4, 0.5) is 4.39 Å². The van der Waals surface area contributed by atoms with Crippen LogP contribution in [-0.4, -0.2) is 38.4 Å². The zero-order valence-corrected chi connectivity index (χ0v) is 14.4. The molecule has 7 heteroatoms. The molecule has 4 rings (SSSR count). The van der Waals surface area contributed by atoms with E-state index in [1.54, 1.807) is 11.1 Å². The van der Waals surface area contributed by atoms with Crippen LogP contribution in [0.5, 0.6) is 0 Å². The van der Waals surface area contributed by atoms with Crippen LogP contribution in [0.2, 0.25) is 5.02 Å². The molecule has 1 atom stereocenters. The summed E-state index contributed by atoms with van der Waals surface area (Å²) in [6, 6.07) is 7.87. The second kappa shape index (κ2) is 6.11. The van der Waals surface area contributed by atoms with Crippen molar-refractivity contribution in [3.63, 3.8) is 0 Å². The molecule has 0 spiro atoms. The number of aromatic nitrogens is 3. The lowest BCUT2D eigenvalue weighted by molar-refractivity contribution is 0.0790. The maximum atomic E-state index is 13.3. The van der Waals surface area contributed by atoms with Crippen LogP contribution in [0.1, 0.15) is 28.5 Å². The molecular weight excluding hydrogens is 343 g/mol. The fraction of sp³-hybridized carbons (Fsp3) is 0.278. The zero-order valence-electron chi connectivity index (χ0n) is 13.6. The van der Waals surface area contributed by atoms with Crippen LogP contribution in [0.25, 0.3) is 11.2 Å². The highest BCUT2D eigenvalue weighted by atomic mass is 35.5. The van der Waals surface area contributed by atoms with Gasteiger partial charge in [-0.25, -0.2) is 14.4 Å². The number of carbonyl (C=O) groups excluding carboxylic acids is 1. The Morgan fingerprint density at radius 1 is 1.36 bits per heavy atom. The molecule has 1 aliphatic rings. The van der Waals surface area contributed by atoms with Gasteiger partial charge in [0, 0.05) is 37.8 Å². The number of rotatable bonds is 2. The van der Waals surface area contributed by atoms with Crippen molar-refractivity contribution in [3.8, 4) is 0 Å². The van der Waals surface area contributed by atoms with Crippen molar-refractivity contribution in [1.29, 1.82) is 0 Å². The van der Waals surface area contributed by atoms with Gasteiger partial charge in [0.1, 0.15) is 17.2 Å². The van der Waals surface area contributed by atoms with Crippen LogP contribution >= 0.6 is 11.6 Å². The molecule has 0 N–H and O–H groups in total. The van der Waals surface area contributed by atoms with E-state index in [0.29, 0.717) is 18.7 Å². The quantitative estimate of drug-likeness (QED) is 0.705. The monoisotopic (exact) mass is 358 g/mol. The molecule has 1 amide bonds. The number of pyridine rings is 1. The predicted octanol–water partition coefficient (Wildman–Crippen LogP) is 3.39. The molecule has 1 saturated heterocycles. The molecule has 0 radical (unpaired) electrons. The summed E-state index contributed by atoms with van der Waals surface area (Å²) in [5, 5.41) is -0.0389. The van der Waals surface area contributed by atoms with Crippen molar-refractivity contribution in [3.05, 3.63) is 58.8 Å². The Morgan fingerprint density at radius 3 is 2.96 bits per heavy atom. The zero-order chi connectivity index (χ0) is 17.6. The molecule has 0 bridgehead atoms. The molecule has 128 valence electrons. The van der Waals surface area contributed by atoms with Gasteiger partial charge >= 0.3 is 0 Å². The highest BCUT2D eigenvalue weighted by Gasteiger charge is 2.31. The number of halogens is 2. The summed E-state index contributed by atoms with van der Waals surface area (Å²) in [6.07, 6.45) is 2.58. The molecule has 2 aromatic heterocycles. The average molecular weight is 359 g/mol. The maximum Gasteiger partial charge on any atom is 0.253 e. The first-order valence-corrected chi connectivity index (χ1v) is 8.44. The number of likely N-dealkylation sites (tertiary alicyclic amines) is 1. The number of fused-ring (bicyclic) bond motifs is 1. The molecule has 25 heavy (non-hydrogen) atoms. The topological polar surface area (TPSA) is 51.0 Å². The number of aryl methyl sites for hydroxylation is 1. The van der Waals surface area contributed by atoms with Crippen LogP contribution in [0.15, 0.2) is 36.5 Å². The van der Waals surface area contributed by atoms with Crippen LogP contribution in [0, 0.1) is 5.82 Å². The molecule has 0 saturated carbocycles. The summed E-state index contributed by atoms with van der Waals surface area (Å²) in [4.78, 5) is 23.5. The first-order chi connectivity index (χ1) is 12.0. The lowest BCUT2D eigenvalue weighted by Gasteiger charge is -2.17. The highest BCUT2D eigenvalue weighted by molar-refractivity contribution is 6.31. The first kappa shape index (κ1) is 16.0. The average Bonchev–Trinajstić information content (AvgIpc) is 3.22. The van der Waals surface area contributed by atoms with E-state index in [1.807, 2.05) is 23.7 Å². The van der Waals surface area contributed by atoms with Crippen LogP contribution < -0.4 is 0 Å². The Labute approximate surface area is 149 Å². The lowest BCUT2D eigenvalue weighted by atomic mass is 10.1.